The van der Waals surface area contributed by atoms with Crippen molar-refractivity contribution in [2.45, 2.75) is 10.6 Å². The number of thiazole rings is 1. The van der Waals surface area contributed by atoms with E-state index in [1.54, 1.807) is 12.1 Å². The number of sulfone groups is 1. The Labute approximate surface area is 165 Å². The van der Waals surface area contributed by atoms with Gasteiger partial charge in [-0.1, -0.05) is 53.8 Å². The van der Waals surface area contributed by atoms with Gasteiger partial charge in [0.05, 0.1) is 18.2 Å². The van der Waals surface area contributed by atoms with Gasteiger partial charge in [0.15, 0.2) is 15.0 Å². The highest BCUT2D eigenvalue weighted by Crippen LogP contribution is 2.25. The van der Waals surface area contributed by atoms with E-state index in [0.717, 1.165) is 23.2 Å². The molecule has 144 valence electrons. The second-order valence-electron chi connectivity index (χ2n) is 5.84. The molecule has 1 heterocycles. The number of hydrogen-bond acceptors (Lipinski definition) is 7. The fourth-order valence-corrected chi connectivity index (χ4v) is 3.95. The average molecular weight is 416 g/mol. The van der Waals surface area contributed by atoms with Crippen molar-refractivity contribution in [3.05, 3.63) is 71.9 Å². The molecule has 0 saturated carbocycles. The van der Waals surface area contributed by atoms with E-state index >= 15 is 0 Å². The van der Waals surface area contributed by atoms with E-state index < -0.39 is 21.7 Å². The Hall–Kier alpha value is -3.04. The summed E-state index contributed by atoms with van der Waals surface area (Å²) in [6, 6.07) is 15.4. The predicted molar refractivity (Wildman–Crippen MR) is 105 cm³/mol. The van der Waals surface area contributed by atoms with E-state index in [1.165, 1.54) is 18.3 Å². The van der Waals surface area contributed by atoms with Gasteiger partial charge in [0, 0.05) is 6.26 Å². The molecule has 0 fully saturated rings. The van der Waals surface area contributed by atoms with Crippen LogP contribution in [0, 0.1) is 0 Å². The topological polar surface area (TPSA) is 102 Å². The van der Waals surface area contributed by atoms with Gasteiger partial charge in [-0.2, -0.15) is 0 Å². The Morgan fingerprint density at radius 2 is 1.75 bits per heavy atom. The molecule has 0 aliphatic heterocycles. The van der Waals surface area contributed by atoms with E-state index in [4.69, 9.17) is 4.74 Å². The molecule has 0 spiro atoms. The lowest BCUT2D eigenvalue weighted by Crippen LogP contribution is -2.17. The van der Waals surface area contributed by atoms with Crippen molar-refractivity contribution in [1.29, 1.82) is 0 Å². The van der Waals surface area contributed by atoms with Crippen LogP contribution >= 0.6 is 11.3 Å². The monoisotopic (exact) mass is 416 g/mol. The summed E-state index contributed by atoms with van der Waals surface area (Å²) in [5.41, 5.74) is 0.936. The fraction of sp³-hybridized carbons (Fsp3) is 0.105. The van der Waals surface area contributed by atoms with Crippen LogP contribution in [0.25, 0.3) is 0 Å². The maximum absolute atomic E-state index is 12.5. The number of rotatable bonds is 6. The van der Waals surface area contributed by atoms with E-state index in [-0.39, 0.29) is 27.1 Å². The zero-order valence-corrected chi connectivity index (χ0v) is 16.4. The molecule has 0 radical (unpaired) electrons. The van der Waals surface area contributed by atoms with Gasteiger partial charge in [-0.05, 0) is 17.7 Å². The number of para-hydroxylation sites is 1. The minimum Gasteiger partial charge on any atom is -0.425 e. The summed E-state index contributed by atoms with van der Waals surface area (Å²) < 4.78 is 28.5. The number of hydrogen-bond donors (Lipinski definition) is 1. The molecular formula is C19H16N2O5S2. The quantitative estimate of drug-likeness (QED) is 0.490. The lowest BCUT2D eigenvalue weighted by molar-refractivity contribution is -0.133. The standard InChI is InChI=1S/C19H16N2O5S2/c1-28(24,25)17-12-20-19(27-17)21-18(23)14-9-5-6-10-15(14)26-16(22)11-13-7-3-2-4-8-13/h2-10,12H,11H2,1H3,(H,20,21,23). The van der Waals surface area contributed by atoms with Crippen LogP contribution in [-0.2, 0) is 21.1 Å². The van der Waals surface area contributed by atoms with Crippen molar-refractivity contribution in [2.75, 3.05) is 11.6 Å². The van der Waals surface area contributed by atoms with Gasteiger partial charge in [-0.25, -0.2) is 13.4 Å². The van der Waals surface area contributed by atoms with E-state index in [1.807, 2.05) is 30.3 Å². The molecule has 28 heavy (non-hydrogen) atoms. The first-order valence-electron chi connectivity index (χ1n) is 8.14. The van der Waals surface area contributed by atoms with Gasteiger partial charge in [-0.15, -0.1) is 0 Å². The number of aromatic nitrogens is 1. The molecule has 0 atom stereocenters. The molecule has 9 heteroatoms. The Bertz CT molecular complexity index is 1110. The third-order valence-corrected chi connectivity index (χ3v) is 6.32. The maximum Gasteiger partial charge on any atom is 0.315 e. The molecule has 7 nitrogen and oxygen atoms in total. The first kappa shape index (κ1) is 19.7. The number of ether oxygens (including phenoxy) is 1. The number of benzene rings is 2. The number of esters is 1. The van der Waals surface area contributed by atoms with E-state index in [9.17, 15) is 18.0 Å². The number of amides is 1. The van der Waals surface area contributed by atoms with Crippen LogP contribution in [-0.4, -0.2) is 31.5 Å². The number of nitrogens with zero attached hydrogens (tertiary/aromatic N) is 1. The SMILES string of the molecule is CS(=O)(=O)c1cnc(NC(=O)c2ccccc2OC(=O)Cc2ccccc2)s1. The van der Waals surface area contributed by atoms with Crippen molar-refractivity contribution < 1.29 is 22.7 Å². The molecule has 0 bridgehead atoms. The molecule has 2 aromatic carbocycles. The molecular weight excluding hydrogens is 400 g/mol. The van der Waals surface area contributed by atoms with E-state index in [0.29, 0.717) is 0 Å². The second-order valence-corrected chi connectivity index (χ2v) is 9.12. The minimum atomic E-state index is -3.40. The highest BCUT2D eigenvalue weighted by Gasteiger charge is 2.18. The molecule has 3 aromatic rings. The van der Waals surface area contributed by atoms with Crippen molar-refractivity contribution >= 4 is 38.2 Å². The molecule has 1 N–H and O–H groups in total. The third kappa shape index (κ3) is 5.02. The number of anilines is 1. The van der Waals surface area contributed by atoms with Crippen LogP contribution in [0.2, 0.25) is 0 Å². The van der Waals surface area contributed by atoms with Gasteiger partial charge in [0.2, 0.25) is 0 Å². The summed E-state index contributed by atoms with van der Waals surface area (Å²) in [6.45, 7) is 0. The molecule has 1 amide bonds. The lowest BCUT2D eigenvalue weighted by atomic mass is 10.1. The normalized spacial score (nSPS) is 11.0. The average Bonchev–Trinajstić information content (AvgIpc) is 3.12. The largest absolute Gasteiger partial charge is 0.425 e. The Kier molecular flexibility index (Phi) is 5.86. The molecule has 3 rings (SSSR count). The van der Waals surface area contributed by atoms with Crippen LogP contribution in [0.5, 0.6) is 5.75 Å². The Morgan fingerprint density at radius 1 is 1.07 bits per heavy atom. The van der Waals surface area contributed by atoms with Crippen molar-refractivity contribution in [3.63, 3.8) is 0 Å². The summed E-state index contributed by atoms with van der Waals surface area (Å²) >= 11 is 0.846. The second kappa shape index (κ2) is 8.32. The zero-order chi connectivity index (χ0) is 20.1. The van der Waals surface area contributed by atoms with Gasteiger partial charge in [-0.3, -0.25) is 14.9 Å². The summed E-state index contributed by atoms with van der Waals surface area (Å²) in [5.74, 6) is -0.946. The van der Waals surface area contributed by atoms with Crippen molar-refractivity contribution in [3.8, 4) is 5.75 Å². The number of carbonyl (C=O) groups excluding carboxylic acids is 2. The van der Waals surface area contributed by atoms with Gasteiger partial charge in [0.25, 0.3) is 5.91 Å². The Balaban J connectivity index is 1.73. The van der Waals surface area contributed by atoms with Gasteiger partial charge in [0.1, 0.15) is 9.96 Å². The van der Waals surface area contributed by atoms with Crippen LogP contribution in [0.3, 0.4) is 0 Å². The molecule has 1 aromatic heterocycles. The van der Waals surface area contributed by atoms with Crippen LogP contribution in [0.4, 0.5) is 5.13 Å². The fourth-order valence-electron chi connectivity index (χ4n) is 2.32. The van der Waals surface area contributed by atoms with Gasteiger partial charge < -0.3 is 4.74 Å². The molecule has 0 aliphatic carbocycles. The number of carbonyl (C=O) groups is 2. The first-order chi connectivity index (χ1) is 13.3. The maximum atomic E-state index is 12.5. The highest BCUT2D eigenvalue weighted by atomic mass is 32.2. The summed E-state index contributed by atoms with van der Waals surface area (Å²) in [6.07, 6.45) is 2.32. The van der Waals surface area contributed by atoms with Crippen molar-refractivity contribution in [2.24, 2.45) is 0 Å². The minimum absolute atomic E-state index is 0.0466. The molecule has 0 aliphatic rings. The summed E-state index contributed by atoms with van der Waals surface area (Å²) in [7, 11) is -3.40. The first-order valence-corrected chi connectivity index (χ1v) is 10.8. The van der Waals surface area contributed by atoms with Gasteiger partial charge >= 0.3 is 5.97 Å². The lowest BCUT2D eigenvalue weighted by Gasteiger charge is -2.09. The highest BCUT2D eigenvalue weighted by molar-refractivity contribution is 7.92. The smallest absolute Gasteiger partial charge is 0.315 e. The van der Waals surface area contributed by atoms with Crippen LogP contribution in [0.15, 0.2) is 65.0 Å². The summed E-state index contributed by atoms with van der Waals surface area (Å²) in [5, 5.41) is 2.66. The zero-order valence-electron chi connectivity index (χ0n) is 14.8. The summed E-state index contributed by atoms with van der Waals surface area (Å²) in [4.78, 5) is 28.6. The van der Waals surface area contributed by atoms with Crippen LogP contribution in [0.1, 0.15) is 15.9 Å². The van der Waals surface area contributed by atoms with Crippen LogP contribution < -0.4 is 10.1 Å². The molecule has 0 saturated heterocycles. The third-order valence-electron chi connectivity index (χ3n) is 3.62. The molecule has 0 unspecified atom stereocenters. The number of nitrogens with one attached hydrogen (secondary N) is 1. The van der Waals surface area contributed by atoms with Crippen molar-refractivity contribution in [1.82, 2.24) is 4.98 Å². The van der Waals surface area contributed by atoms with E-state index in [2.05, 4.69) is 10.3 Å². The predicted octanol–water partition coefficient (Wildman–Crippen LogP) is 2.95. The Morgan fingerprint density at radius 3 is 2.43 bits per heavy atom.